The third-order valence-corrected chi connectivity index (χ3v) is 4.04. The minimum Gasteiger partial charge on any atom is -0.479 e. The van der Waals surface area contributed by atoms with Gasteiger partial charge in [0.25, 0.3) is 0 Å². The van der Waals surface area contributed by atoms with Crippen LogP contribution in [0.2, 0.25) is 0 Å². The summed E-state index contributed by atoms with van der Waals surface area (Å²) in [7, 11) is -0.487. The monoisotopic (exact) mass is 292 g/mol. The maximum atomic E-state index is 10.8. The molecule has 2 rings (SSSR count). The number of carbonyl (C=O) groups is 1. The molecule has 1 aromatic carbocycles. The zero-order valence-electron chi connectivity index (χ0n) is 13.0. The van der Waals surface area contributed by atoms with Crippen molar-refractivity contribution in [1.82, 2.24) is 0 Å². The predicted octanol–water partition coefficient (Wildman–Crippen LogP) is 1.84. The standard InChI is InChI=1S/C15H21BO5/c1-10(13(17)18)19-12-8-6-7-11(9-12)16-20-14(2,3)15(4,5)21-16/h6-10H,1-5H3,(H,17,18)/t10-/m1/s1. The number of ether oxygens (including phenoxy) is 1. The number of carboxylic acids is 1. The van der Waals surface area contributed by atoms with Crippen molar-refractivity contribution in [1.29, 1.82) is 0 Å². The van der Waals surface area contributed by atoms with Gasteiger partial charge in [-0.1, -0.05) is 12.1 Å². The van der Waals surface area contributed by atoms with Crippen LogP contribution in [0.4, 0.5) is 0 Å². The van der Waals surface area contributed by atoms with Gasteiger partial charge in [-0.3, -0.25) is 0 Å². The highest BCUT2D eigenvalue weighted by molar-refractivity contribution is 6.62. The van der Waals surface area contributed by atoms with E-state index in [0.29, 0.717) is 5.75 Å². The number of rotatable bonds is 4. The molecule has 0 spiro atoms. The second-order valence-electron chi connectivity index (χ2n) is 6.26. The van der Waals surface area contributed by atoms with Crippen molar-refractivity contribution in [2.45, 2.75) is 51.9 Å². The van der Waals surface area contributed by atoms with Crippen molar-refractivity contribution in [3.8, 4) is 5.75 Å². The zero-order chi connectivity index (χ0) is 15.8. The fourth-order valence-corrected chi connectivity index (χ4v) is 1.97. The number of hydrogen-bond acceptors (Lipinski definition) is 4. The molecule has 0 bridgehead atoms. The molecule has 1 fully saturated rings. The fraction of sp³-hybridized carbons (Fsp3) is 0.533. The van der Waals surface area contributed by atoms with Gasteiger partial charge < -0.3 is 19.2 Å². The highest BCUT2D eigenvalue weighted by Gasteiger charge is 2.51. The van der Waals surface area contributed by atoms with Gasteiger partial charge in [0.15, 0.2) is 6.10 Å². The van der Waals surface area contributed by atoms with Crippen molar-refractivity contribution in [2.24, 2.45) is 0 Å². The van der Waals surface area contributed by atoms with Crippen LogP contribution in [0.25, 0.3) is 0 Å². The summed E-state index contributed by atoms with van der Waals surface area (Å²) in [5, 5.41) is 8.89. The molecule has 114 valence electrons. The van der Waals surface area contributed by atoms with Crippen molar-refractivity contribution in [2.75, 3.05) is 0 Å². The largest absolute Gasteiger partial charge is 0.494 e. The third-order valence-electron chi connectivity index (χ3n) is 4.04. The van der Waals surface area contributed by atoms with Gasteiger partial charge in [-0.2, -0.15) is 0 Å². The summed E-state index contributed by atoms with van der Waals surface area (Å²) in [4.78, 5) is 10.8. The SMILES string of the molecule is C[C@@H](Oc1cccc(B2OC(C)(C)C(C)(C)O2)c1)C(=O)O. The maximum absolute atomic E-state index is 10.8. The molecule has 1 N–H and O–H groups in total. The van der Waals surface area contributed by atoms with E-state index in [-0.39, 0.29) is 0 Å². The van der Waals surface area contributed by atoms with Gasteiger partial charge in [0, 0.05) is 0 Å². The molecule has 1 atom stereocenters. The Labute approximate surface area is 125 Å². The van der Waals surface area contributed by atoms with Gasteiger partial charge >= 0.3 is 13.1 Å². The molecule has 0 aromatic heterocycles. The number of benzene rings is 1. The average Bonchev–Trinajstić information content (AvgIpc) is 2.58. The topological polar surface area (TPSA) is 65.0 Å². The highest BCUT2D eigenvalue weighted by Crippen LogP contribution is 2.36. The number of hydrogen-bond donors (Lipinski definition) is 1. The van der Waals surface area contributed by atoms with Gasteiger partial charge in [-0.25, -0.2) is 4.79 Å². The summed E-state index contributed by atoms with van der Waals surface area (Å²) in [5.41, 5.74) is -0.0186. The molecule has 0 aliphatic carbocycles. The Morgan fingerprint density at radius 1 is 1.24 bits per heavy atom. The van der Waals surface area contributed by atoms with Crippen molar-refractivity contribution >= 4 is 18.6 Å². The van der Waals surface area contributed by atoms with Crippen LogP contribution in [0, 0.1) is 0 Å². The molecular weight excluding hydrogens is 271 g/mol. The molecule has 0 radical (unpaired) electrons. The van der Waals surface area contributed by atoms with Crippen LogP contribution in [0.5, 0.6) is 5.75 Å². The molecular formula is C15H21BO5. The van der Waals surface area contributed by atoms with E-state index in [1.807, 2.05) is 33.8 Å². The van der Waals surface area contributed by atoms with E-state index >= 15 is 0 Å². The van der Waals surface area contributed by atoms with Crippen LogP contribution in [-0.4, -0.2) is 35.5 Å². The van der Waals surface area contributed by atoms with E-state index in [2.05, 4.69) is 0 Å². The molecule has 1 saturated heterocycles. The Bertz CT molecular complexity index is 525. The third kappa shape index (κ3) is 3.22. The van der Waals surface area contributed by atoms with Gasteiger partial charge in [0.1, 0.15) is 5.75 Å². The minimum atomic E-state index is -1.00. The Morgan fingerprint density at radius 3 is 2.33 bits per heavy atom. The first kappa shape index (κ1) is 15.9. The lowest BCUT2D eigenvalue weighted by Crippen LogP contribution is -2.41. The zero-order valence-corrected chi connectivity index (χ0v) is 13.0. The Kier molecular flexibility index (Phi) is 4.04. The number of aliphatic carboxylic acids is 1. The Balaban J connectivity index is 2.17. The number of carboxylic acid groups (broad SMARTS) is 1. The molecule has 5 nitrogen and oxygen atoms in total. The molecule has 6 heteroatoms. The second-order valence-corrected chi connectivity index (χ2v) is 6.26. The summed E-state index contributed by atoms with van der Waals surface area (Å²) in [5.74, 6) is -0.520. The normalized spacial score (nSPS) is 21.1. The molecule has 0 unspecified atom stereocenters. The maximum Gasteiger partial charge on any atom is 0.494 e. The van der Waals surface area contributed by atoms with Crippen LogP contribution in [0.3, 0.4) is 0 Å². The van der Waals surface area contributed by atoms with Gasteiger partial charge in [-0.05, 0) is 52.2 Å². The van der Waals surface area contributed by atoms with E-state index in [4.69, 9.17) is 19.2 Å². The Morgan fingerprint density at radius 2 is 1.81 bits per heavy atom. The van der Waals surface area contributed by atoms with Crippen molar-refractivity contribution in [3.05, 3.63) is 24.3 Å². The molecule has 0 saturated carbocycles. The molecule has 21 heavy (non-hydrogen) atoms. The van der Waals surface area contributed by atoms with Gasteiger partial charge in [-0.15, -0.1) is 0 Å². The van der Waals surface area contributed by atoms with Crippen LogP contribution in [0.1, 0.15) is 34.6 Å². The lowest BCUT2D eigenvalue weighted by atomic mass is 9.79. The van der Waals surface area contributed by atoms with Crippen LogP contribution >= 0.6 is 0 Å². The summed E-state index contributed by atoms with van der Waals surface area (Å²) in [6.07, 6.45) is -0.904. The van der Waals surface area contributed by atoms with Crippen molar-refractivity contribution in [3.63, 3.8) is 0 Å². The van der Waals surface area contributed by atoms with E-state index in [1.54, 1.807) is 18.2 Å². The van der Waals surface area contributed by atoms with E-state index in [0.717, 1.165) is 5.46 Å². The predicted molar refractivity (Wildman–Crippen MR) is 79.9 cm³/mol. The van der Waals surface area contributed by atoms with E-state index in [1.165, 1.54) is 6.92 Å². The highest BCUT2D eigenvalue weighted by atomic mass is 16.7. The smallest absolute Gasteiger partial charge is 0.479 e. The van der Waals surface area contributed by atoms with Gasteiger partial charge in [0.05, 0.1) is 11.2 Å². The van der Waals surface area contributed by atoms with E-state index < -0.39 is 30.4 Å². The summed E-state index contributed by atoms with van der Waals surface area (Å²) in [6, 6.07) is 7.14. The lowest BCUT2D eigenvalue weighted by molar-refractivity contribution is -0.144. The summed E-state index contributed by atoms with van der Waals surface area (Å²) >= 11 is 0. The first-order valence-corrected chi connectivity index (χ1v) is 6.97. The Hall–Kier alpha value is -1.53. The lowest BCUT2D eigenvalue weighted by Gasteiger charge is -2.32. The quantitative estimate of drug-likeness (QED) is 0.858. The average molecular weight is 292 g/mol. The molecule has 1 aliphatic heterocycles. The van der Waals surface area contributed by atoms with Crippen LogP contribution in [-0.2, 0) is 14.1 Å². The summed E-state index contributed by atoms with van der Waals surface area (Å²) < 4.78 is 17.3. The molecule has 0 amide bonds. The molecule has 1 aromatic rings. The molecule has 1 aliphatic rings. The van der Waals surface area contributed by atoms with Crippen molar-refractivity contribution < 1.29 is 23.9 Å². The first-order chi connectivity index (χ1) is 9.62. The second kappa shape index (κ2) is 5.35. The summed E-state index contributed by atoms with van der Waals surface area (Å²) in [6.45, 7) is 9.43. The van der Waals surface area contributed by atoms with E-state index in [9.17, 15) is 4.79 Å². The van der Waals surface area contributed by atoms with Crippen LogP contribution < -0.4 is 10.2 Å². The minimum absolute atomic E-state index is 0.414. The van der Waals surface area contributed by atoms with Crippen LogP contribution in [0.15, 0.2) is 24.3 Å². The first-order valence-electron chi connectivity index (χ1n) is 6.97. The molecule has 1 heterocycles. The fourth-order valence-electron chi connectivity index (χ4n) is 1.97. The van der Waals surface area contributed by atoms with Gasteiger partial charge in [0.2, 0.25) is 0 Å².